The van der Waals surface area contributed by atoms with Crippen LogP contribution in [-0.2, 0) is 11.2 Å². The van der Waals surface area contributed by atoms with Gasteiger partial charge in [-0.1, -0.05) is 25.2 Å². The van der Waals surface area contributed by atoms with Crippen LogP contribution >= 0.6 is 11.3 Å². The van der Waals surface area contributed by atoms with E-state index in [2.05, 4.69) is 50.1 Å². The summed E-state index contributed by atoms with van der Waals surface area (Å²) in [5.41, 5.74) is -0.113. The van der Waals surface area contributed by atoms with Gasteiger partial charge in [-0.05, 0) is 33.1 Å². The lowest BCUT2D eigenvalue weighted by atomic mass is 10.0. The van der Waals surface area contributed by atoms with Crippen molar-refractivity contribution in [2.24, 2.45) is 5.92 Å². The van der Waals surface area contributed by atoms with E-state index in [0.29, 0.717) is 12.0 Å². The molecule has 1 unspecified atom stereocenters. The van der Waals surface area contributed by atoms with E-state index >= 15 is 0 Å². The van der Waals surface area contributed by atoms with Crippen LogP contribution in [0.4, 0.5) is 5.13 Å². The summed E-state index contributed by atoms with van der Waals surface area (Å²) in [7, 11) is 1.75. The zero-order valence-electron chi connectivity index (χ0n) is 12.3. The van der Waals surface area contributed by atoms with Gasteiger partial charge in [0.25, 0.3) is 0 Å². The molecule has 1 heterocycles. The van der Waals surface area contributed by atoms with E-state index in [9.17, 15) is 0 Å². The maximum absolute atomic E-state index is 5.43. The fraction of sp³-hybridized carbons (Fsp3) is 0.846. The summed E-state index contributed by atoms with van der Waals surface area (Å²) in [6, 6.07) is 0.319. The van der Waals surface area contributed by atoms with Gasteiger partial charge in [0.2, 0.25) is 5.13 Å². The molecule has 0 aromatic carbocycles. The summed E-state index contributed by atoms with van der Waals surface area (Å²) >= 11 is 1.65. The fourth-order valence-corrected chi connectivity index (χ4v) is 2.89. The second-order valence-electron chi connectivity index (χ2n) is 5.81. The first-order chi connectivity index (χ1) is 8.32. The number of hydrogen-bond donors (Lipinski definition) is 1. The van der Waals surface area contributed by atoms with E-state index in [1.165, 1.54) is 0 Å². The van der Waals surface area contributed by atoms with Crippen LogP contribution in [0.25, 0.3) is 0 Å². The maximum atomic E-state index is 5.43. The van der Waals surface area contributed by atoms with Crippen molar-refractivity contribution in [2.75, 3.05) is 12.4 Å². The van der Waals surface area contributed by atoms with Crippen LogP contribution in [0.1, 0.15) is 46.0 Å². The first kappa shape index (κ1) is 15.4. The molecule has 0 aliphatic heterocycles. The van der Waals surface area contributed by atoms with Crippen LogP contribution in [-0.4, -0.2) is 29.0 Å². The van der Waals surface area contributed by atoms with Crippen LogP contribution in [0, 0.1) is 5.92 Å². The van der Waals surface area contributed by atoms with Crippen molar-refractivity contribution in [3.8, 4) is 0 Å². The van der Waals surface area contributed by atoms with Crippen molar-refractivity contribution in [1.29, 1.82) is 0 Å². The van der Waals surface area contributed by atoms with Crippen LogP contribution in [0.15, 0.2) is 0 Å². The van der Waals surface area contributed by atoms with Gasteiger partial charge in [0.05, 0.1) is 5.60 Å². The van der Waals surface area contributed by atoms with E-state index in [-0.39, 0.29) is 5.60 Å². The third-order valence-corrected chi connectivity index (χ3v) is 3.65. The molecule has 0 saturated carbocycles. The van der Waals surface area contributed by atoms with Crippen LogP contribution in [0.2, 0.25) is 0 Å². The lowest BCUT2D eigenvalue weighted by Crippen LogP contribution is -2.31. The Bertz CT molecular complexity index is 363. The number of anilines is 1. The largest absolute Gasteiger partial charge is 0.379 e. The quantitative estimate of drug-likeness (QED) is 0.826. The Morgan fingerprint density at radius 1 is 1.28 bits per heavy atom. The SMILES string of the molecule is COC(C)(C)CC(C)Nc1nnc(CC(C)C)s1. The third kappa shape index (κ3) is 5.31. The topological polar surface area (TPSA) is 47.0 Å². The molecular formula is C13H25N3OS. The molecule has 104 valence electrons. The van der Waals surface area contributed by atoms with Crippen LogP contribution in [0.5, 0.6) is 0 Å². The monoisotopic (exact) mass is 271 g/mol. The Hall–Kier alpha value is -0.680. The Morgan fingerprint density at radius 2 is 1.94 bits per heavy atom. The molecule has 18 heavy (non-hydrogen) atoms. The molecule has 0 bridgehead atoms. The summed E-state index contributed by atoms with van der Waals surface area (Å²) in [4.78, 5) is 0. The van der Waals surface area contributed by atoms with Crippen molar-refractivity contribution >= 4 is 16.5 Å². The van der Waals surface area contributed by atoms with Gasteiger partial charge in [0, 0.05) is 19.6 Å². The first-order valence-electron chi connectivity index (χ1n) is 6.46. The highest BCUT2D eigenvalue weighted by Gasteiger charge is 2.20. The molecule has 1 aromatic heterocycles. The van der Waals surface area contributed by atoms with E-state index in [1.807, 2.05) is 0 Å². The molecule has 0 radical (unpaired) electrons. The van der Waals surface area contributed by atoms with Gasteiger partial charge >= 0.3 is 0 Å². The molecule has 5 heteroatoms. The van der Waals surface area contributed by atoms with Crippen LogP contribution in [0.3, 0.4) is 0 Å². The molecule has 0 aliphatic rings. The van der Waals surface area contributed by atoms with Crippen LogP contribution < -0.4 is 5.32 Å². The van der Waals surface area contributed by atoms with Gasteiger partial charge < -0.3 is 10.1 Å². The van der Waals surface area contributed by atoms with Gasteiger partial charge in [0.1, 0.15) is 5.01 Å². The molecular weight excluding hydrogens is 246 g/mol. The predicted molar refractivity (Wildman–Crippen MR) is 77.2 cm³/mol. The minimum atomic E-state index is -0.113. The molecule has 1 aromatic rings. The van der Waals surface area contributed by atoms with Crippen molar-refractivity contribution < 1.29 is 4.74 Å². The second-order valence-corrected chi connectivity index (χ2v) is 6.87. The lowest BCUT2D eigenvalue weighted by molar-refractivity contribution is 0.0128. The summed E-state index contributed by atoms with van der Waals surface area (Å²) < 4.78 is 5.43. The van der Waals surface area contributed by atoms with Gasteiger partial charge in [-0.15, -0.1) is 10.2 Å². The minimum Gasteiger partial charge on any atom is -0.379 e. The van der Waals surface area contributed by atoms with Crippen molar-refractivity contribution in [3.63, 3.8) is 0 Å². The molecule has 0 fully saturated rings. The summed E-state index contributed by atoms with van der Waals surface area (Å²) in [6.07, 6.45) is 1.93. The number of nitrogens with zero attached hydrogens (tertiary/aromatic N) is 2. The van der Waals surface area contributed by atoms with Crippen molar-refractivity contribution in [3.05, 3.63) is 5.01 Å². The molecule has 0 spiro atoms. The number of aromatic nitrogens is 2. The number of rotatable bonds is 7. The van der Waals surface area contributed by atoms with Crippen molar-refractivity contribution in [2.45, 2.75) is 59.1 Å². The summed E-state index contributed by atoms with van der Waals surface area (Å²) in [5.74, 6) is 0.621. The Kier molecular flexibility index (Phi) is 5.53. The van der Waals surface area contributed by atoms with E-state index < -0.39 is 0 Å². The average molecular weight is 271 g/mol. The predicted octanol–water partition coefficient (Wildman–Crippen LogP) is 3.35. The smallest absolute Gasteiger partial charge is 0.205 e. The number of ether oxygens (including phenoxy) is 1. The average Bonchev–Trinajstić information content (AvgIpc) is 2.63. The van der Waals surface area contributed by atoms with Gasteiger partial charge in [0.15, 0.2) is 0 Å². The number of methoxy groups -OCH3 is 1. The van der Waals surface area contributed by atoms with Gasteiger partial charge in [-0.25, -0.2) is 0 Å². The summed E-state index contributed by atoms with van der Waals surface area (Å²) in [5, 5.41) is 13.8. The minimum absolute atomic E-state index is 0.113. The molecule has 1 atom stereocenters. The first-order valence-corrected chi connectivity index (χ1v) is 7.28. The number of nitrogens with one attached hydrogen (secondary N) is 1. The standard InChI is InChI=1S/C13H25N3OS/c1-9(2)7-11-15-16-12(18-11)14-10(3)8-13(4,5)17-6/h9-10H,7-8H2,1-6H3,(H,14,16). The van der Waals surface area contributed by atoms with E-state index in [4.69, 9.17) is 4.74 Å². The van der Waals surface area contributed by atoms with Gasteiger partial charge in [-0.3, -0.25) is 0 Å². The zero-order chi connectivity index (χ0) is 13.8. The Balaban J connectivity index is 2.49. The normalized spacial score (nSPS) is 13.9. The molecule has 0 amide bonds. The lowest BCUT2D eigenvalue weighted by Gasteiger charge is -2.26. The van der Waals surface area contributed by atoms with Gasteiger partial charge in [-0.2, -0.15) is 0 Å². The molecule has 4 nitrogen and oxygen atoms in total. The molecule has 0 saturated heterocycles. The summed E-state index contributed by atoms with van der Waals surface area (Å²) in [6.45, 7) is 10.7. The highest BCUT2D eigenvalue weighted by atomic mass is 32.1. The van der Waals surface area contributed by atoms with Crippen molar-refractivity contribution in [1.82, 2.24) is 10.2 Å². The third-order valence-electron chi connectivity index (χ3n) is 2.77. The Morgan fingerprint density at radius 3 is 2.50 bits per heavy atom. The molecule has 1 rings (SSSR count). The highest BCUT2D eigenvalue weighted by Crippen LogP contribution is 2.22. The fourth-order valence-electron chi connectivity index (χ4n) is 1.83. The number of hydrogen-bond acceptors (Lipinski definition) is 5. The maximum Gasteiger partial charge on any atom is 0.205 e. The highest BCUT2D eigenvalue weighted by molar-refractivity contribution is 7.15. The molecule has 1 N–H and O–H groups in total. The van der Waals surface area contributed by atoms with E-state index in [0.717, 1.165) is 23.0 Å². The Labute approximate surface area is 114 Å². The molecule has 0 aliphatic carbocycles. The zero-order valence-corrected chi connectivity index (χ0v) is 13.1. The second kappa shape index (κ2) is 6.48. The van der Waals surface area contributed by atoms with E-state index in [1.54, 1.807) is 18.4 Å².